The first kappa shape index (κ1) is 24.0. The van der Waals surface area contributed by atoms with Crippen LogP contribution >= 0.6 is 0 Å². The summed E-state index contributed by atoms with van der Waals surface area (Å²) in [6.45, 7) is 10.5. The van der Waals surface area contributed by atoms with E-state index >= 15 is 0 Å². The van der Waals surface area contributed by atoms with E-state index in [9.17, 15) is 14.0 Å². The zero-order valence-electron chi connectivity index (χ0n) is 19.4. The number of ether oxygens (including phenoxy) is 1. The minimum atomic E-state index is -0.283. The van der Waals surface area contributed by atoms with E-state index < -0.39 is 0 Å². The van der Waals surface area contributed by atoms with Crippen molar-refractivity contribution in [1.82, 2.24) is 9.80 Å². The van der Waals surface area contributed by atoms with Gasteiger partial charge in [0.25, 0.3) is 5.91 Å². The highest BCUT2D eigenvalue weighted by molar-refractivity contribution is 5.92. The lowest BCUT2D eigenvalue weighted by Gasteiger charge is -2.35. The molecule has 1 fully saturated rings. The fraction of sp³-hybridized carbons (Fsp3) is 0.520. The van der Waals surface area contributed by atoms with Gasteiger partial charge in [-0.3, -0.25) is 14.5 Å². The fourth-order valence-electron chi connectivity index (χ4n) is 3.88. The molecule has 1 saturated heterocycles. The molecule has 0 spiro atoms. The van der Waals surface area contributed by atoms with Gasteiger partial charge in [0.05, 0.1) is 19.1 Å². The van der Waals surface area contributed by atoms with Crippen molar-refractivity contribution in [2.24, 2.45) is 5.92 Å². The molecule has 3 rings (SSSR count). The van der Waals surface area contributed by atoms with Gasteiger partial charge >= 0.3 is 5.97 Å². The van der Waals surface area contributed by atoms with Gasteiger partial charge in [0.2, 0.25) is 0 Å². The largest absolute Gasteiger partial charge is 0.466 e. The van der Waals surface area contributed by atoms with Gasteiger partial charge in [0, 0.05) is 25.2 Å². The summed E-state index contributed by atoms with van der Waals surface area (Å²) in [5.74, 6) is -0.0235. The molecule has 1 aliphatic rings. The maximum Gasteiger partial charge on any atom is 0.310 e. The first-order valence-corrected chi connectivity index (χ1v) is 11.2. The first-order valence-electron chi connectivity index (χ1n) is 11.2. The Morgan fingerprint density at radius 2 is 1.88 bits per heavy atom. The van der Waals surface area contributed by atoms with Gasteiger partial charge in [-0.1, -0.05) is 12.1 Å². The highest BCUT2D eigenvalue weighted by Gasteiger charge is 2.31. The minimum Gasteiger partial charge on any atom is -0.466 e. The summed E-state index contributed by atoms with van der Waals surface area (Å²) in [4.78, 5) is 28.9. The Morgan fingerprint density at radius 1 is 1.16 bits per heavy atom. The molecule has 0 aliphatic carbocycles. The van der Waals surface area contributed by atoms with Crippen molar-refractivity contribution in [2.75, 3.05) is 19.7 Å². The molecule has 2 heterocycles. The zero-order valence-corrected chi connectivity index (χ0v) is 19.4. The maximum atomic E-state index is 13.3. The number of benzene rings is 1. The molecule has 1 aromatic heterocycles. The normalized spacial score (nSPS) is 16.9. The van der Waals surface area contributed by atoms with Crippen LogP contribution in [-0.2, 0) is 22.6 Å². The number of nitrogens with zero attached hydrogens (tertiary/aromatic N) is 2. The highest BCUT2D eigenvalue weighted by atomic mass is 19.1. The predicted octanol–water partition coefficient (Wildman–Crippen LogP) is 4.63. The van der Waals surface area contributed by atoms with E-state index in [4.69, 9.17) is 9.15 Å². The van der Waals surface area contributed by atoms with E-state index in [0.29, 0.717) is 38.5 Å². The summed E-state index contributed by atoms with van der Waals surface area (Å²) < 4.78 is 24.3. The minimum absolute atomic E-state index is 0.162. The maximum absolute atomic E-state index is 13.3. The molecule has 7 heteroatoms. The number of halogens is 1. The number of amides is 1. The van der Waals surface area contributed by atoms with Gasteiger partial charge in [-0.25, -0.2) is 4.39 Å². The van der Waals surface area contributed by atoms with Crippen molar-refractivity contribution in [2.45, 2.75) is 59.2 Å². The quantitative estimate of drug-likeness (QED) is 0.583. The third-order valence-electron chi connectivity index (χ3n) is 5.78. The summed E-state index contributed by atoms with van der Waals surface area (Å²) in [5.41, 5.74) is 0.841. The van der Waals surface area contributed by atoms with Crippen molar-refractivity contribution in [1.29, 1.82) is 0 Å². The number of hydrogen-bond donors (Lipinski definition) is 0. The van der Waals surface area contributed by atoms with Gasteiger partial charge in [0.1, 0.15) is 11.6 Å². The van der Waals surface area contributed by atoms with E-state index in [1.54, 1.807) is 30.0 Å². The second-order valence-electron chi connectivity index (χ2n) is 9.26. The van der Waals surface area contributed by atoms with Crippen LogP contribution in [0.25, 0.3) is 0 Å². The van der Waals surface area contributed by atoms with Gasteiger partial charge < -0.3 is 14.1 Å². The Labute approximate surface area is 189 Å². The Hall–Kier alpha value is -2.67. The number of carbonyl (C=O) groups is 2. The van der Waals surface area contributed by atoms with Crippen molar-refractivity contribution >= 4 is 11.9 Å². The zero-order chi connectivity index (χ0) is 23.3. The second kappa shape index (κ2) is 10.3. The number of rotatable bonds is 7. The highest BCUT2D eigenvalue weighted by Crippen LogP contribution is 2.24. The lowest BCUT2D eigenvalue weighted by molar-refractivity contribution is -0.149. The van der Waals surface area contributed by atoms with Crippen LogP contribution in [0.15, 0.2) is 40.8 Å². The molecule has 1 aliphatic heterocycles. The number of esters is 1. The van der Waals surface area contributed by atoms with E-state index in [1.165, 1.54) is 12.1 Å². The summed E-state index contributed by atoms with van der Waals surface area (Å²) >= 11 is 0. The van der Waals surface area contributed by atoms with Gasteiger partial charge in [-0.15, -0.1) is 0 Å². The lowest BCUT2D eigenvalue weighted by Crippen LogP contribution is -2.42. The number of carbonyl (C=O) groups excluding carboxylic acids is 2. The van der Waals surface area contributed by atoms with E-state index in [2.05, 4.69) is 25.7 Å². The van der Waals surface area contributed by atoms with E-state index in [1.807, 2.05) is 6.07 Å². The number of likely N-dealkylation sites (tertiary alicyclic amines) is 1. The summed E-state index contributed by atoms with van der Waals surface area (Å²) in [7, 11) is 0. The van der Waals surface area contributed by atoms with Crippen LogP contribution < -0.4 is 0 Å². The molecular weight excluding hydrogens is 411 g/mol. The molecule has 32 heavy (non-hydrogen) atoms. The molecule has 0 bridgehead atoms. The topological polar surface area (TPSA) is 63.0 Å². The van der Waals surface area contributed by atoms with Crippen molar-refractivity contribution < 1.29 is 23.1 Å². The molecule has 6 nitrogen and oxygen atoms in total. The second-order valence-corrected chi connectivity index (χ2v) is 9.26. The molecule has 2 aromatic rings. The van der Waals surface area contributed by atoms with Crippen LogP contribution in [0, 0.1) is 11.7 Å². The Kier molecular flexibility index (Phi) is 7.72. The molecule has 0 saturated carbocycles. The molecule has 1 amide bonds. The van der Waals surface area contributed by atoms with Gasteiger partial charge in [0.15, 0.2) is 5.76 Å². The molecule has 1 atom stereocenters. The number of piperidine rings is 1. The van der Waals surface area contributed by atoms with Crippen molar-refractivity contribution in [3.63, 3.8) is 0 Å². The van der Waals surface area contributed by atoms with Crippen LogP contribution in [0.5, 0.6) is 0 Å². The van der Waals surface area contributed by atoms with Gasteiger partial charge in [-0.2, -0.15) is 0 Å². The third kappa shape index (κ3) is 6.19. The molecule has 0 N–H and O–H groups in total. The van der Waals surface area contributed by atoms with Crippen LogP contribution in [-0.4, -0.2) is 46.9 Å². The Balaban J connectivity index is 1.67. The molecule has 1 aromatic carbocycles. The average Bonchev–Trinajstić information content (AvgIpc) is 3.22. The SMILES string of the molecule is CCOC(=O)C1CCCN(C(=O)c2ccc(CN(Cc3ccc(F)cc3)C(C)(C)C)o2)C1. The average molecular weight is 445 g/mol. The van der Waals surface area contributed by atoms with E-state index in [-0.39, 0.29) is 34.9 Å². The lowest BCUT2D eigenvalue weighted by atomic mass is 9.98. The van der Waals surface area contributed by atoms with E-state index in [0.717, 1.165) is 18.4 Å². The Morgan fingerprint density at radius 3 is 2.53 bits per heavy atom. The molecular formula is C25H33FN2O4. The molecule has 174 valence electrons. The predicted molar refractivity (Wildman–Crippen MR) is 119 cm³/mol. The van der Waals surface area contributed by atoms with Crippen LogP contribution in [0.1, 0.15) is 62.4 Å². The van der Waals surface area contributed by atoms with Crippen molar-refractivity contribution in [3.8, 4) is 0 Å². The van der Waals surface area contributed by atoms with Crippen LogP contribution in [0.4, 0.5) is 4.39 Å². The first-order chi connectivity index (χ1) is 15.2. The van der Waals surface area contributed by atoms with Crippen LogP contribution in [0.2, 0.25) is 0 Å². The van der Waals surface area contributed by atoms with Gasteiger partial charge in [-0.05, 0) is 70.4 Å². The number of hydrogen-bond acceptors (Lipinski definition) is 5. The van der Waals surface area contributed by atoms with Crippen LogP contribution in [0.3, 0.4) is 0 Å². The third-order valence-corrected chi connectivity index (χ3v) is 5.78. The smallest absolute Gasteiger partial charge is 0.310 e. The summed E-state index contributed by atoms with van der Waals surface area (Å²) in [6, 6.07) is 10.0. The standard InChI is InChI=1S/C25H33FN2O4/c1-5-31-24(30)19-7-6-14-27(16-19)23(29)22-13-12-21(32-22)17-28(25(2,3)4)15-18-8-10-20(26)11-9-18/h8-13,19H,5-7,14-17H2,1-4H3. The number of furan rings is 1. The monoisotopic (exact) mass is 444 g/mol. The summed E-state index contributed by atoms with van der Waals surface area (Å²) in [6.07, 6.45) is 1.49. The molecule has 1 unspecified atom stereocenters. The summed E-state index contributed by atoms with van der Waals surface area (Å²) in [5, 5.41) is 0. The fourth-order valence-corrected chi connectivity index (χ4v) is 3.88. The molecule has 0 radical (unpaired) electrons. The van der Waals surface area contributed by atoms with Crippen molar-refractivity contribution in [3.05, 3.63) is 59.3 Å². The Bertz CT molecular complexity index is 917.